The highest BCUT2D eigenvalue weighted by Crippen LogP contribution is 2.00. The van der Waals surface area contributed by atoms with Gasteiger partial charge < -0.3 is 10.6 Å². The Morgan fingerprint density at radius 3 is 2.80 bits per heavy atom. The van der Waals surface area contributed by atoms with Gasteiger partial charge in [-0.15, -0.1) is 0 Å². The molecule has 0 radical (unpaired) electrons. The van der Waals surface area contributed by atoms with Gasteiger partial charge in [-0.25, -0.2) is 9.67 Å². The molecule has 0 aliphatic carbocycles. The molecule has 0 saturated carbocycles. The number of rotatable bonds is 9. The Morgan fingerprint density at radius 1 is 1.40 bits per heavy atom. The van der Waals surface area contributed by atoms with Crippen LogP contribution in [-0.4, -0.2) is 33.3 Å². The summed E-state index contributed by atoms with van der Waals surface area (Å²) in [5.74, 6) is 1.55. The molecule has 114 valence electrons. The largest absolute Gasteiger partial charge is 0.354 e. The standard InChI is InChI=1S/C14H27N5O/c1-5-12(4)18-14(20)6-7-15-8-13-16-10-17-19(13)9-11(2)3/h10-12,15H,5-9H2,1-4H3,(H,18,20). The first-order valence-electron chi connectivity index (χ1n) is 7.39. The van der Waals surface area contributed by atoms with Crippen LogP contribution in [-0.2, 0) is 17.9 Å². The molecule has 0 aromatic carbocycles. The lowest BCUT2D eigenvalue weighted by atomic mass is 10.2. The second kappa shape index (κ2) is 8.68. The third-order valence-corrected chi connectivity index (χ3v) is 3.07. The van der Waals surface area contributed by atoms with Crippen molar-refractivity contribution in [1.29, 1.82) is 0 Å². The van der Waals surface area contributed by atoms with Crippen LogP contribution >= 0.6 is 0 Å². The van der Waals surface area contributed by atoms with E-state index in [1.54, 1.807) is 6.33 Å². The van der Waals surface area contributed by atoms with Crippen LogP contribution in [0.2, 0.25) is 0 Å². The highest BCUT2D eigenvalue weighted by molar-refractivity contribution is 5.76. The van der Waals surface area contributed by atoms with Crippen molar-refractivity contribution in [1.82, 2.24) is 25.4 Å². The van der Waals surface area contributed by atoms with E-state index in [0.29, 0.717) is 25.4 Å². The van der Waals surface area contributed by atoms with Crippen molar-refractivity contribution >= 4 is 5.91 Å². The fraction of sp³-hybridized carbons (Fsp3) is 0.786. The predicted octanol–water partition coefficient (Wildman–Crippen LogP) is 1.33. The molecule has 0 aliphatic rings. The number of amides is 1. The smallest absolute Gasteiger partial charge is 0.221 e. The lowest BCUT2D eigenvalue weighted by molar-refractivity contribution is -0.121. The molecule has 2 N–H and O–H groups in total. The van der Waals surface area contributed by atoms with E-state index in [0.717, 1.165) is 18.8 Å². The Hall–Kier alpha value is -1.43. The summed E-state index contributed by atoms with van der Waals surface area (Å²) in [6, 6.07) is 0.247. The normalized spacial score (nSPS) is 12.7. The molecule has 1 heterocycles. The zero-order valence-electron chi connectivity index (χ0n) is 13.0. The molecular weight excluding hydrogens is 254 g/mol. The Labute approximate surface area is 121 Å². The Balaban J connectivity index is 2.24. The van der Waals surface area contributed by atoms with E-state index in [9.17, 15) is 4.79 Å². The molecular formula is C14H27N5O. The van der Waals surface area contributed by atoms with Gasteiger partial charge in [0.25, 0.3) is 0 Å². The molecule has 0 aliphatic heterocycles. The van der Waals surface area contributed by atoms with Crippen molar-refractivity contribution in [3.05, 3.63) is 12.2 Å². The van der Waals surface area contributed by atoms with Gasteiger partial charge in [-0.2, -0.15) is 5.10 Å². The minimum absolute atomic E-state index is 0.0931. The van der Waals surface area contributed by atoms with E-state index >= 15 is 0 Å². The monoisotopic (exact) mass is 281 g/mol. The molecule has 0 bridgehead atoms. The third kappa shape index (κ3) is 6.14. The first kappa shape index (κ1) is 16.6. The lowest BCUT2D eigenvalue weighted by Gasteiger charge is -2.12. The van der Waals surface area contributed by atoms with Gasteiger partial charge in [0.05, 0.1) is 6.54 Å². The molecule has 0 spiro atoms. The van der Waals surface area contributed by atoms with Crippen molar-refractivity contribution in [2.24, 2.45) is 5.92 Å². The second-order valence-corrected chi connectivity index (χ2v) is 5.56. The number of carbonyl (C=O) groups is 1. The molecule has 1 unspecified atom stereocenters. The van der Waals surface area contributed by atoms with Crippen LogP contribution in [0.25, 0.3) is 0 Å². The van der Waals surface area contributed by atoms with Crippen molar-refractivity contribution in [3.8, 4) is 0 Å². The SMILES string of the molecule is CCC(C)NC(=O)CCNCc1ncnn1CC(C)C. The molecule has 0 fully saturated rings. The first-order valence-corrected chi connectivity index (χ1v) is 7.39. The second-order valence-electron chi connectivity index (χ2n) is 5.56. The molecule has 0 saturated heterocycles. The van der Waals surface area contributed by atoms with Crippen LogP contribution < -0.4 is 10.6 Å². The van der Waals surface area contributed by atoms with Crippen LogP contribution in [0.15, 0.2) is 6.33 Å². The van der Waals surface area contributed by atoms with E-state index in [2.05, 4.69) is 41.5 Å². The molecule has 1 aromatic rings. The van der Waals surface area contributed by atoms with Crippen molar-refractivity contribution < 1.29 is 4.79 Å². The molecule has 1 atom stereocenters. The lowest BCUT2D eigenvalue weighted by Crippen LogP contribution is -2.34. The predicted molar refractivity (Wildman–Crippen MR) is 79.1 cm³/mol. The van der Waals surface area contributed by atoms with Gasteiger partial charge in [0.1, 0.15) is 12.2 Å². The summed E-state index contributed by atoms with van der Waals surface area (Å²) in [6.45, 7) is 10.5. The summed E-state index contributed by atoms with van der Waals surface area (Å²) in [4.78, 5) is 15.8. The maximum absolute atomic E-state index is 11.6. The summed E-state index contributed by atoms with van der Waals surface area (Å²) in [7, 11) is 0. The number of hydrogen-bond acceptors (Lipinski definition) is 4. The van der Waals surface area contributed by atoms with E-state index in [-0.39, 0.29) is 11.9 Å². The van der Waals surface area contributed by atoms with Gasteiger partial charge in [0, 0.05) is 25.6 Å². The van der Waals surface area contributed by atoms with Crippen molar-refractivity contribution in [3.63, 3.8) is 0 Å². The van der Waals surface area contributed by atoms with Crippen molar-refractivity contribution in [2.75, 3.05) is 6.54 Å². The van der Waals surface area contributed by atoms with Gasteiger partial charge in [0.15, 0.2) is 0 Å². The fourth-order valence-corrected chi connectivity index (χ4v) is 1.77. The molecule has 1 amide bonds. The van der Waals surface area contributed by atoms with Gasteiger partial charge in [-0.3, -0.25) is 4.79 Å². The average Bonchev–Trinajstić information content (AvgIpc) is 2.81. The highest BCUT2D eigenvalue weighted by atomic mass is 16.1. The van der Waals surface area contributed by atoms with Crippen molar-refractivity contribution in [2.45, 2.75) is 59.7 Å². The summed E-state index contributed by atoms with van der Waals surface area (Å²) in [5.41, 5.74) is 0. The molecule has 6 nitrogen and oxygen atoms in total. The minimum atomic E-state index is 0.0931. The van der Waals surface area contributed by atoms with E-state index < -0.39 is 0 Å². The number of carbonyl (C=O) groups excluding carboxylic acids is 1. The Kier molecular flexibility index (Phi) is 7.22. The molecule has 1 rings (SSSR count). The third-order valence-electron chi connectivity index (χ3n) is 3.07. The topological polar surface area (TPSA) is 71.8 Å². The number of nitrogens with one attached hydrogen (secondary N) is 2. The first-order chi connectivity index (χ1) is 9.52. The van der Waals surface area contributed by atoms with Gasteiger partial charge in [0.2, 0.25) is 5.91 Å². The summed E-state index contributed by atoms with van der Waals surface area (Å²) < 4.78 is 1.91. The van der Waals surface area contributed by atoms with Gasteiger partial charge >= 0.3 is 0 Å². The summed E-state index contributed by atoms with van der Waals surface area (Å²) in [5, 5.41) is 10.4. The van der Waals surface area contributed by atoms with Crippen LogP contribution in [0, 0.1) is 5.92 Å². The van der Waals surface area contributed by atoms with Gasteiger partial charge in [-0.1, -0.05) is 20.8 Å². The summed E-state index contributed by atoms with van der Waals surface area (Å²) in [6.07, 6.45) is 3.02. The van der Waals surface area contributed by atoms with E-state index in [4.69, 9.17) is 0 Å². The van der Waals surface area contributed by atoms with Crippen LogP contribution in [0.5, 0.6) is 0 Å². The van der Waals surface area contributed by atoms with E-state index in [1.165, 1.54) is 0 Å². The minimum Gasteiger partial charge on any atom is -0.354 e. The fourth-order valence-electron chi connectivity index (χ4n) is 1.77. The molecule has 1 aromatic heterocycles. The zero-order valence-corrected chi connectivity index (χ0v) is 13.0. The van der Waals surface area contributed by atoms with Crippen LogP contribution in [0.4, 0.5) is 0 Å². The molecule has 20 heavy (non-hydrogen) atoms. The summed E-state index contributed by atoms with van der Waals surface area (Å²) >= 11 is 0. The Morgan fingerprint density at radius 2 is 2.15 bits per heavy atom. The van der Waals surface area contributed by atoms with Gasteiger partial charge in [-0.05, 0) is 19.3 Å². The van der Waals surface area contributed by atoms with Crippen LogP contribution in [0.1, 0.15) is 46.4 Å². The van der Waals surface area contributed by atoms with Crippen LogP contribution in [0.3, 0.4) is 0 Å². The Bertz CT molecular complexity index is 402. The maximum Gasteiger partial charge on any atom is 0.221 e. The highest BCUT2D eigenvalue weighted by Gasteiger charge is 2.07. The quantitative estimate of drug-likeness (QED) is 0.670. The van der Waals surface area contributed by atoms with E-state index in [1.807, 2.05) is 11.6 Å². The number of hydrogen-bond donors (Lipinski definition) is 2. The maximum atomic E-state index is 11.6. The molecule has 6 heteroatoms. The number of aromatic nitrogens is 3. The number of nitrogens with zero attached hydrogens (tertiary/aromatic N) is 3. The average molecular weight is 281 g/mol. The zero-order chi connectivity index (χ0) is 15.0.